The molecule has 2 fully saturated rings. The summed E-state index contributed by atoms with van der Waals surface area (Å²) >= 11 is 5.77. The van der Waals surface area contributed by atoms with E-state index in [1.807, 2.05) is 0 Å². The van der Waals surface area contributed by atoms with Gasteiger partial charge in [-0.25, -0.2) is 4.39 Å². The van der Waals surface area contributed by atoms with Gasteiger partial charge in [-0.2, -0.15) is 0 Å². The molecule has 4 nitrogen and oxygen atoms in total. The summed E-state index contributed by atoms with van der Waals surface area (Å²) in [6, 6.07) is 5.25. The van der Waals surface area contributed by atoms with Gasteiger partial charge in [0.2, 0.25) is 11.8 Å². The number of carbonyl (C=O) groups is 2. The number of hydrogen-bond acceptors (Lipinski definition) is 2. The normalized spacial score (nSPS) is 19.1. The van der Waals surface area contributed by atoms with E-state index in [9.17, 15) is 14.0 Å². The molecule has 0 aliphatic heterocycles. The molecule has 0 unspecified atom stereocenters. The molecule has 0 radical (unpaired) electrons. The molecule has 0 bridgehead atoms. The average molecular weight is 353 g/mol. The first-order valence-corrected chi connectivity index (χ1v) is 9.06. The van der Waals surface area contributed by atoms with Gasteiger partial charge in [0, 0.05) is 12.1 Å². The van der Waals surface area contributed by atoms with Crippen LogP contribution in [0.5, 0.6) is 0 Å². The van der Waals surface area contributed by atoms with Crippen molar-refractivity contribution in [3.8, 4) is 0 Å². The maximum absolute atomic E-state index is 13.3. The van der Waals surface area contributed by atoms with E-state index in [1.54, 1.807) is 17.0 Å². The molecule has 2 aliphatic rings. The van der Waals surface area contributed by atoms with Crippen LogP contribution in [0.25, 0.3) is 0 Å². The van der Waals surface area contributed by atoms with Crippen molar-refractivity contribution >= 4 is 23.4 Å². The number of rotatable bonds is 6. The Kier molecular flexibility index (Phi) is 5.39. The van der Waals surface area contributed by atoms with Crippen molar-refractivity contribution in [1.29, 1.82) is 0 Å². The number of nitrogens with one attached hydrogen (secondary N) is 1. The van der Waals surface area contributed by atoms with Gasteiger partial charge < -0.3 is 10.2 Å². The molecule has 0 aromatic heterocycles. The Morgan fingerprint density at radius 2 is 1.79 bits per heavy atom. The molecule has 2 saturated carbocycles. The van der Waals surface area contributed by atoms with Crippen molar-refractivity contribution in [2.75, 3.05) is 5.88 Å². The first-order chi connectivity index (χ1) is 11.6. The summed E-state index contributed by atoms with van der Waals surface area (Å²) in [5, 5.41) is 3.06. The van der Waals surface area contributed by atoms with Crippen molar-refractivity contribution in [2.45, 2.75) is 56.7 Å². The molecule has 0 spiro atoms. The van der Waals surface area contributed by atoms with E-state index in [0.29, 0.717) is 5.56 Å². The second kappa shape index (κ2) is 7.51. The lowest BCUT2D eigenvalue weighted by molar-refractivity contribution is -0.140. The fraction of sp³-hybridized carbons (Fsp3) is 0.556. The minimum Gasteiger partial charge on any atom is -0.351 e. The summed E-state index contributed by atoms with van der Waals surface area (Å²) in [6.45, 7) is 0. The Morgan fingerprint density at radius 1 is 1.17 bits per heavy atom. The Balaban J connectivity index is 1.88. The number of hydrogen-bond donors (Lipinski definition) is 1. The second-order valence-corrected chi connectivity index (χ2v) is 6.88. The van der Waals surface area contributed by atoms with Crippen LogP contribution >= 0.6 is 11.6 Å². The third-order valence-electron chi connectivity index (χ3n) is 4.76. The SMILES string of the molecule is O=C(NC1CCCC1)[C@@H](c1ccc(F)cc1)N(C(=O)CCl)C1CC1. The monoisotopic (exact) mass is 352 g/mol. The zero-order valence-corrected chi connectivity index (χ0v) is 14.3. The molecule has 0 saturated heterocycles. The first kappa shape index (κ1) is 17.2. The number of amides is 2. The third kappa shape index (κ3) is 3.89. The minimum absolute atomic E-state index is 0.0423. The maximum Gasteiger partial charge on any atom is 0.247 e. The summed E-state index contributed by atoms with van der Waals surface area (Å²) in [7, 11) is 0. The zero-order chi connectivity index (χ0) is 17.1. The topological polar surface area (TPSA) is 49.4 Å². The second-order valence-electron chi connectivity index (χ2n) is 6.61. The fourth-order valence-corrected chi connectivity index (χ4v) is 3.55. The zero-order valence-electron chi connectivity index (χ0n) is 13.5. The Labute approximate surface area is 146 Å². The van der Waals surface area contributed by atoms with Crippen LogP contribution in [0.3, 0.4) is 0 Å². The fourth-order valence-electron chi connectivity index (χ4n) is 3.41. The molecule has 1 aromatic rings. The third-order valence-corrected chi connectivity index (χ3v) is 4.99. The Bertz CT molecular complexity index is 598. The molecule has 24 heavy (non-hydrogen) atoms. The highest BCUT2D eigenvalue weighted by atomic mass is 35.5. The van der Waals surface area contributed by atoms with Crippen LogP contribution in [0.1, 0.15) is 50.1 Å². The number of carbonyl (C=O) groups excluding carboxylic acids is 2. The molecule has 3 rings (SSSR count). The number of benzene rings is 1. The summed E-state index contributed by atoms with van der Waals surface area (Å²) in [4.78, 5) is 26.9. The van der Waals surface area contributed by atoms with E-state index in [4.69, 9.17) is 11.6 Å². The molecular formula is C18H22ClFN2O2. The molecule has 2 amide bonds. The van der Waals surface area contributed by atoms with Gasteiger partial charge >= 0.3 is 0 Å². The van der Waals surface area contributed by atoms with Crippen LogP contribution in [0.2, 0.25) is 0 Å². The van der Waals surface area contributed by atoms with E-state index >= 15 is 0 Å². The Hall–Kier alpha value is -1.62. The predicted molar refractivity (Wildman–Crippen MR) is 90.1 cm³/mol. The van der Waals surface area contributed by atoms with Crippen LogP contribution in [-0.2, 0) is 9.59 Å². The highest BCUT2D eigenvalue weighted by Gasteiger charge is 2.41. The van der Waals surface area contributed by atoms with Crippen LogP contribution < -0.4 is 5.32 Å². The number of alkyl halides is 1. The summed E-state index contributed by atoms with van der Waals surface area (Å²) in [5.74, 6) is -0.977. The van der Waals surface area contributed by atoms with Crippen LogP contribution in [0.4, 0.5) is 4.39 Å². The van der Waals surface area contributed by atoms with Crippen molar-refractivity contribution in [2.24, 2.45) is 0 Å². The van der Waals surface area contributed by atoms with Crippen molar-refractivity contribution in [3.05, 3.63) is 35.6 Å². The molecule has 2 aliphatic carbocycles. The van der Waals surface area contributed by atoms with E-state index in [1.165, 1.54) is 12.1 Å². The van der Waals surface area contributed by atoms with Gasteiger partial charge in [-0.1, -0.05) is 25.0 Å². The van der Waals surface area contributed by atoms with Crippen LogP contribution in [-0.4, -0.2) is 34.7 Å². The van der Waals surface area contributed by atoms with Gasteiger partial charge in [0.05, 0.1) is 0 Å². The predicted octanol–water partition coefficient (Wildman–Crippen LogP) is 3.16. The molecule has 0 heterocycles. The minimum atomic E-state index is -0.745. The van der Waals surface area contributed by atoms with Gasteiger partial charge in [-0.3, -0.25) is 9.59 Å². The van der Waals surface area contributed by atoms with Gasteiger partial charge in [0.25, 0.3) is 0 Å². The molecule has 6 heteroatoms. The summed E-state index contributed by atoms with van der Waals surface area (Å²) in [5.41, 5.74) is 0.622. The molecule has 1 aromatic carbocycles. The highest BCUT2D eigenvalue weighted by molar-refractivity contribution is 6.27. The average Bonchev–Trinajstić information content (AvgIpc) is 3.29. The molecule has 130 valence electrons. The standard InChI is InChI=1S/C18H22ClFN2O2/c19-11-16(23)22(15-9-10-15)17(12-5-7-13(20)8-6-12)18(24)21-14-3-1-2-4-14/h5-8,14-15,17H,1-4,9-11H2,(H,21,24)/t17-/m1/s1. The Morgan fingerprint density at radius 3 is 2.33 bits per heavy atom. The lowest BCUT2D eigenvalue weighted by atomic mass is 10.0. The van der Waals surface area contributed by atoms with Gasteiger partial charge in [-0.15, -0.1) is 11.6 Å². The highest BCUT2D eigenvalue weighted by Crippen LogP contribution is 2.35. The lowest BCUT2D eigenvalue weighted by Crippen LogP contribution is -2.47. The van der Waals surface area contributed by atoms with Crippen molar-refractivity contribution < 1.29 is 14.0 Å². The summed E-state index contributed by atoms with van der Waals surface area (Å²) in [6.07, 6.45) is 5.90. The van der Waals surface area contributed by atoms with Crippen LogP contribution in [0, 0.1) is 5.82 Å². The summed E-state index contributed by atoms with van der Waals surface area (Å²) < 4.78 is 13.3. The van der Waals surface area contributed by atoms with Gasteiger partial charge in [0.15, 0.2) is 0 Å². The molecule has 1 atom stereocenters. The maximum atomic E-state index is 13.3. The largest absolute Gasteiger partial charge is 0.351 e. The van der Waals surface area contributed by atoms with E-state index in [-0.39, 0.29) is 35.6 Å². The van der Waals surface area contributed by atoms with E-state index < -0.39 is 6.04 Å². The first-order valence-electron chi connectivity index (χ1n) is 8.53. The quantitative estimate of drug-likeness (QED) is 0.799. The van der Waals surface area contributed by atoms with Crippen molar-refractivity contribution in [3.63, 3.8) is 0 Å². The van der Waals surface area contributed by atoms with Crippen molar-refractivity contribution in [1.82, 2.24) is 10.2 Å². The number of halogens is 2. The van der Waals surface area contributed by atoms with E-state index in [0.717, 1.165) is 38.5 Å². The molecular weight excluding hydrogens is 331 g/mol. The molecule has 1 N–H and O–H groups in total. The number of nitrogens with zero attached hydrogens (tertiary/aromatic N) is 1. The smallest absolute Gasteiger partial charge is 0.247 e. The van der Waals surface area contributed by atoms with Gasteiger partial charge in [-0.05, 0) is 43.4 Å². The van der Waals surface area contributed by atoms with Crippen LogP contribution in [0.15, 0.2) is 24.3 Å². The van der Waals surface area contributed by atoms with E-state index in [2.05, 4.69) is 5.32 Å². The van der Waals surface area contributed by atoms with Gasteiger partial charge in [0.1, 0.15) is 17.7 Å². The lowest BCUT2D eigenvalue weighted by Gasteiger charge is -2.32.